The van der Waals surface area contributed by atoms with Crippen molar-refractivity contribution in [2.75, 3.05) is 5.32 Å². The van der Waals surface area contributed by atoms with E-state index < -0.39 is 0 Å². The number of aryl methyl sites for hydroxylation is 1. The van der Waals surface area contributed by atoms with Crippen molar-refractivity contribution in [3.05, 3.63) is 72.6 Å². The molecule has 1 N–H and O–H groups in total. The van der Waals surface area contributed by atoms with E-state index in [-0.39, 0.29) is 11.9 Å². The maximum atomic E-state index is 12.5. The van der Waals surface area contributed by atoms with Gasteiger partial charge in [-0.2, -0.15) is 5.10 Å². The number of carbonyl (C=O) groups excluding carboxylic acids is 1. The molecule has 0 fully saturated rings. The van der Waals surface area contributed by atoms with Crippen LogP contribution in [0, 0.1) is 6.92 Å². The third kappa shape index (κ3) is 3.86. The highest BCUT2D eigenvalue weighted by Crippen LogP contribution is 2.33. The van der Waals surface area contributed by atoms with E-state index in [0.717, 1.165) is 21.0 Å². The zero-order valence-electron chi connectivity index (χ0n) is 13.6. The first-order valence-electron chi connectivity index (χ1n) is 7.77. The van der Waals surface area contributed by atoms with Crippen LogP contribution in [0.2, 0.25) is 0 Å². The molecule has 1 heterocycles. The predicted octanol–water partition coefficient (Wildman–Crippen LogP) is 4.54. The Kier molecular flexibility index (Phi) is 5.01. The smallest absolute Gasteiger partial charge is 0.248 e. The van der Waals surface area contributed by atoms with Gasteiger partial charge in [0, 0.05) is 16.0 Å². The minimum absolute atomic E-state index is 0.0841. The minimum atomic E-state index is -0.367. The summed E-state index contributed by atoms with van der Waals surface area (Å²) in [6.45, 7) is 3.80. The van der Waals surface area contributed by atoms with Crippen LogP contribution in [0.5, 0.6) is 0 Å². The molecule has 0 aliphatic rings. The fraction of sp³-hybridized carbons (Fsp3) is 0.158. The van der Waals surface area contributed by atoms with Crippen molar-refractivity contribution < 1.29 is 4.79 Å². The van der Waals surface area contributed by atoms with E-state index in [4.69, 9.17) is 0 Å². The van der Waals surface area contributed by atoms with Gasteiger partial charge in [0.25, 0.3) is 0 Å². The fourth-order valence-electron chi connectivity index (χ4n) is 2.28. The molecule has 3 aromatic rings. The van der Waals surface area contributed by atoms with Crippen LogP contribution in [-0.2, 0) is 4.79 Å². The Morgan fingerprint density at radius 2 is 1.83 bits per heavy atom. The molecule has 1 atom stereocenters. The number of aromatic nitrogens is 2. The van der Waals surface area contributed by atoms with Crippen molar-refractivity contribution in [3.63, 3.8) is 0 Å². The van der Waals surface area contributed by atoms with E-state index in [1.807, 2.05) is 62.5 Å². The molecule has 0 spiro atoms. The molecule has 4 nitrogen and oxygen atoms in total. The van der Waals surface area contributed by atoms with Crippen LogP contribution in [0.15, 0.2) is 76.8 Å². The first-order valence-corrected chi connectivity index (χ1v) is 8.58. The van der Waals surface area contributed by atoms with Crippen LogP contribution >= 0.6 is 11.8 Å². The number of hydrogen-bond donors (Lipinski definition) is 1. The van der Waals surface area contributed by atoms with E-state index in [1.54, 1.807) is 22.6 Å². The van der Waals surface area contributed by atoms with Gasteiger partial charge in [0.1, 0.15) is 6.04 Å². The van der Waals surface area contributed by atoms with Crippen molar-refractivity contribution in [2.45, 2.75) is 29.7 Å². The number of para-hydroxylation sites is 1. The molecule has 0 saturated carbocycles. The molecule has 0 radical (unpaired) electrons. The first-order chi connectivity index (χ1) is 11.6. The Hall–Kier alpha value is -2.53. The molecule has 0 aliphatic carbocycles. The summed E-state index contributed by atoms with van der Waals surface area (Å²) in [6.07, 6.45) is 3.62. The number of benzene rings is 2. The first kappa shape index (κ1) is 16.3. The fourth-order valence-corrected chi connectivity index (χ4v) is 3.20. The minimum Gasteiger partial charge on any atom is -0.323 e. The van der Waals surface area contributed by atoms with Gasteiger partial charge in [-0.1, -0.05) is 42.1 Å². The van der Waals surface area contributed by atoms with Gasteiger partial charge in [0.15, 0.2) is 0 Å². The van der Waals surface area contributed by atoms with Gasteiger partial charge >= 0.3 is 0 Å². The number of nitrogens with one attached hydrogen (secondary N) is 1. The summed E-state index contributed by atoms with van der Waals surface area (Å²) in [4.78, 5) is 14.7. The molecule has 1 aromatic heterocycles. The van der Waals surface area contributed by atoms with E-state index in [0.29, 0.717) is 0 Å². The number of carbonyl (C=O) groups is 1. The summed E-state index contributed by atoms with van der Waals surface area (Å²) in [6, 6.07) is 17.6. The molecule has 1 amide bonds. The maximum Gasteiger partial charge on any atom is 0.248 e. The van der Waals surface area contributed by atoms with Crippen LogP contribution in [0.1, 0.15) is 18.5 Å². The second kappa shape index (κ2) is 7.36. The molecule has 2 aromatic carbocycles. The zero-order valence-corrected chi connectivity index (χ0v) is 14.5. The zero-order chi connectivity index (χ0) is 16.9. The van der Waals surface area contributed by atoms with Crippen molar-refractivity contribution in [3.8, 4) is 0 Å². The average Bonchev–Trinajstić information content (AvgIpc) is 3.03. The lowest BCUT2D eigenvalue weighted by Crippen LogP contribution is -2.24. The van der Waals surface area contributed by atoms with Crippen molar-refractivity contribution in [1.29, 1.82) is 0 Å². The van der Waals surface area contributed by atoms with E-state index in [2.05, 4.69) is 22.5 Å². The Bertz CT molecular complexity index is 829. The molecular weight excluding hydrogens is 318 g/mol. The molecule has 3 rings (SSSR count). The highest BCUT2D eigenvalue weighted by molar-refractivity contribution is 7.99. The van der Waals surface area contributed by atoms with Crippen molar-refractivity contribution >= 4 is 23.4 Å². The predicted molar refractivity (Wildman–Crippen MR) is 97.3 cm³/mol. The van der Waals surface area contributed by atoms with Gasteiger partial charge in [-0.05, 0) is 43.7 Å². The Morgan fingerprint density at radius 1 is 1.12 bits per heavy atom. The molecule has 0 bridgehead atoms. The van der Waals surface area contributed by atoms with Gasteiger partial charge in [0.2, 0.25) is 5.91 Å². The molecule has 0 saturated heterocycles. The lowest BCUT2D eigenvalue weighted by Gasteiger charge is -2.15. The van der Waals surface area contributed by atoms with Crippen LogP contribution in [0.4, 0.5) is 5.69 Å². The monoisotopic (exact) mass is 337 g/mol. The Morgan fingerprint density at radius 3 is 2.54 bits per heavy atom. The lowest BCUT2D eigenvalue weighted by atomic mass is 10.2. The molecule has 24 heavy (non-hydrogen) atoms. The Labute approximate surface area is 145 Å². The number of amides is 1. The third-order valence-corrected chi connectivity index (χ3v) is 4.71. The number of rotatable bonds is 5. The maximum absolute atomic E-state index is 12.5. The topological polar surface area (TPSA) is 46.9 Å². The summed E-state index contributed by atoms with van der Waals surface area (Å²) >= 11 is 1.63. The molecule has 5 heteroatoms. The van der Waals surface area contributed by atoms with Crippen molar-refractivity contribution in [2.24, 2.45) is 0 Å². The van der Waals surface area contributed by atoms with Gasteiger partial charge in [-0.15, -0.1) is 0 Å². The van der Waals surface area contributed by atoms with Gasteiger partial charge in [-0.3, -0.25) is 9.48 Å². The molecule has 1 unspecified atom stereocenters. The number of nitrogens with zero attached hydrogens (tertiary/aromatic N) is 2. The van der Waals surface area contributed by atoms with E-state index in [9.17, 15) is 4.79 Å². The van der Waals surface area contributed by atoms with Gasteiger partial charge in [0.05, 0.1) is 11.9 Å². The number of anilines is 1. The SMILES string of the molecule is Cc1cnn(C(C)C(=O)Nc2ccccc2Sc2ccccc2)c1. The van der Waals surface area contributed by atoms with Crippen molar-refractivity contribution in [1.82, 2.24) is 9.78 Å². The second-order valence-corrected chi connectivity index (χ2v) is 6.69. The number of hydrogen-bond acceptors (Lipinski definition) is 3. The van der Waals surface area contributed by atoms with E-state index >= 15 is 0 Å². The second-order valence-electron chi connectivity index (χ2n) is 5.57. The van der Waals surface area contributed by atoms with E-state index in [1.165, 1.54) is 0 Å². The highest BCUT2D eigenvalue weighted by Gasteiger charge is 2.17. The summed E-state index contributed by atoms with van der Waals surface area (Å²) in [5.74, 6) is -0.0841. The quantitative estimate of drug-likeness (QED) is 0.743. The molecular formula is C19H19N3OS. The lowest BCUT2D eigenvalue weighted by molar-refractivity contribution is -0.119. The van der Waals surface area contributed by atoms with Crippen LogP contribution in [0.25, 0.3) is 0 Å². The molecule has 122 valence electrons. The van der Waals surface area contributed by atoms with Gasteiger partial charge in [-0.25, -0.2) is 0 Å². The van der Waals surface area contributed by atoms with Crippen LogP contribution < -0.4 is 5.32 Å². The standard InChI is InChI=1S/C19H19N3OS/c1-14-12-20-22(13-14)15(2)19(23)21-17-10-6-7-11-18(17)24-16-8-4-3-5-9-16/h3-13,15H,1-2H3,(H,21,23). The van der Waals surface area contributed by atoms with Crippen LogP contribution in [0.3, 0.4) is 0 Å². The largest absolute Gasteiger partial charge is 0.323 e. The normalized spacial score (nSPS) is 11.9. The van der Waals surface area contributed by atoms with Gasteiger partial charge < -0.3 is 5.32 Å². The third-order valence-electron chi connectivity index (χ3n) is 3.62. The van der Waals surface area contributed by atoms with Crippen LogP contribution in [-0.4, -0.2) is 15.7 Å². The summed E-state index contributed by atoms with van der Waals surface area (Å²) in [5, 5.41) is 7.24. The Balaban J connectivity index is 1.76. The summed E-state index contributed by atoms with van der Waals surface area (Å²) in [7, 11) is 0. The average molecular weight is 337 g/mol. The molecule has 0 aliphatic heterocycles. The highest BCUT2D eigenvalue weighted by atomic mass is 32.2. The summed E-state index contributed by atoms with van der Waals surface area (Å²) in [5.41, 5.74) is 1.85. The summed E-state index contributed by atoms with van der Waals surface area (Å²) < 4.78 is 1.68.